The number of carbonyl (C=O) groups is 1. The number of hydrogen-bond acceptors (Lipinski definition) is 4. The predicted molar refractivity (Wildman–Crippen MR) is 65.5 cm³/mol. The average molecular weight is 251 g/mol. The Balaban J connectivity index is 2.40. The van der Waals surface area contributed by atoms with Gasteiger partial charge >= 0.3 is 5.97 Å². The summed E-state index contributed by atoms with van der Waals surface area (Å²) in [5.41, 5.74) is 4.79. The molecular weight excluding hydrogens is 234 g/mol. The molecule has 5 heteroatoms. The van der Waals surface area contributed by atoms with Crippen molar-refractivity contribution in [2.24, 2.45) is 11.7 Å². The molecule has 1 aromatic carbocycles. The number of benzene rings is 1. The Hall–Kier alpha value is -1.75. The van der Waals surface area contributed by atoms with Crippen molar-refractivity contribution in [3.63, 3.8) is 0 Å². The van der Waals surface area contributed by atoms with Crippen molar-refractivity contribution in [1.82, 2.24) is 0 Å². The Morgan fingerprint density at radius 1 is 1.50 bits per heavy atom. The normalized spacial score (nSPS) is 27.6. The number of fused-ring (bicyclic) bond motifs is 1. The summed E-state index contributed by atoms with van der Waals surface area (Å²) < 4.78 is 11.5. The lowest BCUT2D eigenvalue weighted by Crippen LogP contribution is -2.65. The number of rotatable bonds is 3. The summed E-state index contributed by atoms with van der Waals surface area (Å²) in [6.07, 6.45) is 0.0844. The van der Waals surface area contributed by atoms with Gasteiger partial charge in [0.15, 0.2) is 17.6 Å². The van der Waals surface area contributed by atoms with E-state index in [-0.39, 0.29) is 0 Å². The molecule has 98 valence electrons. The third-order valence-electron chi connectivity index (χ3n) is 3.33. The molecule has 0 amide bonds. The maximum absolute atomic E-state index is 11.2. The van der Waals surface area contributed by atoms with Crippen LogP contribution in [0.1, 0.15) is 20.3 Å². The molecule has 3 unspecified atom stereocenters. The molecular formula is C13H17NO4. The van der Waals surface area contributed by atoms with Crippen molar-refractivity contribution in [1.29, 1.82) is 0 Å². The first-order chi connectivity index (χ1) is 8.49. The minimum Gasteiger partial charge on any atom is -0.481 e. The molecule has 3 N–H and O–H groups in total. The summed E-state index contributed by atoms with van der Waals surface area (Å²) in [5, 5.41) is 9.15. The summed E-state index contributed by atoms with van der Waals surface area (Å²) in [6.45, 7) is 3.42. The van der Waals surface area contributed by atoms with Gasteiger partial charge in [-0.1, -0.05) is 19.1 Å². The van der Waals surface area contributed by atoms with Crippen molar-refractivity contribution < 1.29 is 19.4 Å². The van der Waals surface area contributed by atoms with Crippen LogP contribution >= 0.6 is 0 Å². The summed E-state index contributed by atoms with van der Waals surface area (Å²) in [4.78, 5) is 11.2. The molecule has 0 fully saturated rings. The van der Waals surface area contributed by atoms with Gasteiger partial charge in [-0.15, -0.1) is 0 Å². The molecule has 1 aromatic rings. The van der Waals surface area contributed by atoms with Crippen LogP contribution in [0.15, 0.2) is 24.3 Å². The molecule has 1 heterocycles. The van der Waals surface area contributed by atoms with E-state index in [4.69, 9.17) is 20.3 Å². The highest BCUT2D eigenvalue weighted by Crippen LogP contribution is 2.39. The van der Waals surface area contributed by atoms with Gasteiger partial charge < -0.3 is 14.6 Å². The maximum Gasteiger partial charge on any atom is 0.311 e. The Morgan fingerprint density at radius 3 is 2.67 bits per heavy atom. The second-order valence-corrected chi connectivity index (χ2v) is 4.48. The van der Waals surface area contributed by atoms with Gasteiger partial charge in [0.1, 0.15) is 5.92 Å². The van der Waals surface area contributed by atoms with Gasteiger partial charge in [-0.3, -0.25) is 10.5 Å². The van der Waals surface area contributed by atoms with Crippen LogP contribution in [-0.2, 0) is 4.79 Å². The van der Waals surface area contributed by atoms with Gasteiger partial charge in [-0.05, 0) is 25.5 Å². The molecule has 0 radical (unpaired) electrons. The number of carboxylic acid groups (broad SMARTS) is 1. The molecule has 2 rings (SSSR count). The smallest absolute Gasteiger partial charge is 0.311 e. The molecule has 0 aliphatic carbocycles. The molecule has 0 bridgehead atoms. The average Bonchev–Trinajstić information content (AvgIpc) is 2.36. The van der Waals surface area contributed by atoms with E-state index in [1.54, 1.807) is 18.2 Å². The van der Waals surface area contributed by atoms with E-state index in [1.165, 1.54) is 6.92 Å². The molecule has 3 atom stereocenters. The Morgan fingerprint density at radius 2 is 2.11 bits per heavy atom. The van der Waals surface area contributed by atoms with Crippen molar-refractivity contribution in [2.45, 2.75) is 32.1 Å². The minimum atomic E-state index is -1.35. The van der Waals surface area contributed by atoms with Crippen LogP contribution in [0, 0.1) is 5.92 Å². The fourth-order valence-electron chi connectivity index (χ4n) is 2.10. The lowest BCUT2D eigenvalue weighted by atomic mass is 9.90. The van der Waals surface area contributed by atoms with Gasteiger partial charge in [0, 0.05) is 0 Å². The first-order valence-corrected chi connectivity index (χ1v) is 5.95. The van der Waals surface area contributed by atoms with E-state index in [0.29, 0.717) is 17.9 Å². The standard InChI is InChI=1S/C13H17NO4/c1-3-11-13(14,8(2)12(15)16)18-10-7-5-4-6-9(10)17-11/h4-8,11H,3,14H2,1-2H3,(H,15,16). The zero-order valence-electron chi connectivity index (χ0n) is 10.4. The molecule has 0 saturated carbocycles. The first kappa shape index (κ1) is 12.7. The lowest BCUT2D eigenvalue weighted by Gasteiger charge is -2.43. The van der Waals surface area contributed by atoms with Crippen LogP contribution in [0.3, 0.4) is 0 Å². The second kappa shape index (κ2) is 4.49. The van der Waals surface area contributed by atoms with Crippen LogP contribution in [0.5, 0.6) is 11.5 Å². The van der Waals surface area contributed by atoms with Crippen LogP contribution in [-0.4, -0.2) is 22.9 Å². The minimum absolute atomic E-state index is 0.484. The summed E-state index contributed by atoms with van der Waals surface area (Å²) >= 11 is 0. The first-order valence-electron chi connectivity index (χ1n) is 5.95. The Kier molecular flexibility index (Phi) is 3.17. The fourth-order valence-corrected chi connectivity index (χ4v) is 2.10. The van der Waals surface area contributed by atoms with Crippen molar-refractivity contribution >= 4 is 5.97 Å². The number of ether oxygens (including phenoxy) is 2. The number of para-hydroxylation sites is 2. The zero-order valence-corrected chi connectivity index (χ0v) is 10.4. The van der Waals surface area contributed by atoms with Crippen LogP contribution in [0.25, 0.3) is 0 Å². The van der Waals surface area contributed by atoms with E-state index in [1.807, 2.05) is 13.0 Å². The maximum atomic E-state index is 11.2. The SMILES string of the molecule is CCC1Oc2ccccc2OC1(N)C(C)C(=O)O. The van der Waals surface area contributed by atoms with Crippen LogP contribution in [0.2, 0.25) is 0 Å². The van der Waals surface area contributed by atoms with E-state index in [9.17, 15) is 4.79 Å². The van der Waals surface area contributed by atoms with Gasteiger partial charge in [0.2, 0.25) is 5.72 Å². The van der Waals surface area contributed by atoms with Crippen molar-refractivity contribution in [3.05, 3.63) is 24.3 Å². The lowest BCUT2D eigenvalue weighted by molar-refractivity contribution is -0.159. The van der Waals surface area contributed by atoms with Gasteiger partial charge in [0.05, 0.1) is 0 Å². The van der Waals surface area contributed by atoms with Crippen LogP contribution < -0.4 is 15.2 Å². The van der Waals surface area contributed by atoms with E-state index >= 15 is 0 Å². The summed E-state index contributed by atoms with van der Waals surface area (Å²) in [5.74, 6) is -0.782. The molecule has 1 aliphatic heterocycles. The molecule has 5 nitrogen and oxygen atoms in total. The fraction of sp³-hybridized carbons (Fsp3) is 0.462. The number of nitrogens with two attached hydrogens (primary N) is 1. The molecule has 18 heavy (non-hydrogen) atoms. The Bertz CT molecular complexity index is 462. The van der Waals surface area contributed by atoms with Crippen LogP contribution in [0.4, 0.5) is 0 Å². The van der Waals surface area contributed by atoms with E-state index in [2.05, 4.69) is 0 Å². The topological polar surface area (TPSA) is 81.8 Å². The quantitative estimate of drug-likeness (QED) is 0.853. The molecule has 0 spiro atoms. The highest BCUT2D eigenvalue weighted by Gasteiger charge is 2.49. The van der Waals surface area contributed by atoms with E-state index in [0.717, 1.165) is 0 Å². The molecule has 1 aliphatic rings. The third-order valence-corrected chi connectivity index (χ3v) is 3.33. The summed E-state index contributed by atoms with van der Waals surface area (Å²) in [7, 11) is 0. The monoisotopic (exact) mass is 251 g/mol. The van der Waals surface area contributed by atoms with E-state index < -0.39 is 23.7 Å². The third kappa shape index (κ3) is 1.90. The summed E-state index contributed by atoms with van der Waals surface area (Å²) in [6, 6.07) is 7.12. The number of hydrogen-bond donors (Lipinski definition) is 2. The van der Waals surface area contributed by atoms with Gasteiger partial charge in [-0.2, -0.15) is 0 Å². The Labute approximate surface area is 106 Å². The largest absolute Gasteiger partial charge is 0.481 e. The second-order valence-electron chi connectivity index (χ2n) is 4.48. The highest BCUT2D eigenvalue weighted by molar-refractivity contribution is 5.71. The predicted octanol–water partition coefficient (Wildman–Crippen LogP) is 1.61. The molecule has 0 saturated heterocycles. The highest BCUT2D eigenvalue weighted by atomic mass is 16.6. The van der Waals surface area contributed by atoms with Gasteiger partial charge in [0.25, 0.3) is 0 Å². The van der Waals surface area contributed by atoms with Crippen molar-refractivity contribution in [2.75, 3.05) is 0 Å². The van der Waals surface area contributed by atoms with Gasteiger partial charge in [-0.25, -0.2) is 0 Å². The molecule has 0 aromatic heterocycles. The zero-order chi connectivity index (χ0) is 13.3. The number of aliphatic carboxylic acids is 1. The van der Waals surface area contributed by atoms with Crippen molar-refractivity contribution in [3.8, 4) is 11.5 Å². The number of carboxylic acids is 1.